The Morgan fingerprint density at radius 2 is 1.44 bits per heavy atom. The summed E-state index contributed by atoms with van der Waals surface area (Å²) in [4.78, 5) is 32.2. The van der Waals surface area contributed by atoms with E-state index in [1.54, 1.807) is 0 Å². The molecule has 0 aromatic rings. The molecule has 18 heavy (non-hydrogen) atoms. The standard InChI is InChI=1S/C10H16N2O6/c11-4-2-1-3-7(10(17)18)12(5-8(13)14)6-9(15)16/h1-6,11H2,(H2-,13,14,15,16,17,18)/p+1. The summed E-state index contributed by atoms with van der Waals surface area (Å²) in [5.74, 6) is -3.88. The molecule has 0 spiro atoms. The molecule has 0 radical (unpaired) electrons. The van der Waals surface area contributed by atoms with E-state index in [1.165, 1.54) is 0 Å². The zero-order valence-corrected chi connectivity index (χ0v) is 9.83. The third-order valence-electron chi connectivity index (χ3n) is 2.15. The lowest BCUT2D eigenvalue weighted by Gasteiger charge is -2.04. The highest BCUT2D eigenvalue weighted by Gasteiger charge is 2.26. The zero-order chi connectivity index (χ0) is 14.1. The van der Waals surface area contributed by atoms with E-state index in [0.29, 0.717) is 19.4 Å². The Bertz CT molecular complexity index is 345. The summed E-state index contributed by atoms with van der Waals surface area (Å²) in [6.45, 7) is -0.919. The van der Waals surface area contributed by atoms with Crippen LogP contribution >= 0.6 is 0 Å². The molecule has 8 heteroatoms. The van der Waals surface area contributed by atoms with Crippen LogP contribution in [0.25, 0.3) is 0 Å². The fourth-order valence-electron chi connectivity index (χ4n) is 1.41. The minimum Gasteiger partial charge on any atom is -0.477 e. The monoisotopic (exact) mass is 261 g/mol. The van der Waals surface area contributed by atoms with Gasteiger partial charge in [-0.25, -0.2) is 19.0 Å². The summed E-state index contributed by atoms with van der Waals surface area (Å²) < 4.78 is 0.837. The number of carboxylic acids is 3. The van der Waals surface area contributed by atoms with Gasteiger partial charge in [-0.2, -0.15) is 0 Å². The second-order valence-electron chi connectivity index (χ2n) is 3.64. The molecule has 0 fully saturated rings. The highest BCUT2D eigenvalue weighted by molar-refractivity contribution is 6.33. The van der Waals surface area contributed by atoms with Gasteiger partial charge in [-0.05, 0) is 19.4 Å². The Morgan fingerprint density at radius 1 is 0.944 bits per heavy atom. The summed E-state index contributed by atoms with van der Waals surface area (Å²) >= 11 is 0. The lowest BCUT2D eigenvalue weighted by Crippen LogP contribution is -2.35. The summed E-state index contributed by atoms with van der Waals surface area (Å²) in [5.41, 5.74) is 5.06. The molecule has 0 saturated carbocycles. The maximum atomic E-state index is 11.0. The van der Waals surface area contributed by atoms with E-state index in [2.05, 4.69) is 0 Å². The van der Waals surface area contributed by atoms with Crippen molar-refractivity contribution in [1.82, 2.24) is 0 Å². The average molecular weight is 261 g/mol. The normalized spacial score (nSPS) is 9.83. The first-order valence-corrected chi connectivity index (χ1v) is 5.36. The number of nitrogens with two attached hydrogens (primary N) is 1. The summed E-state index contributed by atoms with van der Waals surface area (Å²) in [6, 6.07) is 0. The van der Waals surface area contributed by atoms with Crippen molar-refractivity contribution in [2.24, 2.45) is 5.73 Å². The molecule has 0 aliphatic rings. The molecule has 0 aromatic heterocycles. The topological polar surface area (TPSA) is 141 Å². The molecule has 0 bridgehead atoms. The quantitative estimate of drug-likeness (QED) is 0.232. The molecule has 0 atom stereocenters. The van der Waals surface area contributed by atoms with Crippen LogP contribution in [0.2, 0.25) is 0 Å². The smallest absolute Gasteiger partial charge is 0.396 e. The number of hydrogen-bond donors (Lipinski definition) is 4. The van der Waals surface area contributed by atoms with Crippen LogP contribution in [0.4, 0.5) is 0 Å². The first kappa shape index (κ1) is 16.0. The van der Waals surface area contributed by atoms with Crippen molar-refractivity contribution < 1.29 is 34.3 Å². The summed E-state index contributed by atoms with van der Waals surface area (Å²) in [5, 5.41) is 26.2. The van der Waals surface area contributed by atoms with E-state index in [0.717, 1.165) is 4.58 Å². The molecule has 0 rings (SSSR count). The van der Waals surface area contributed by atoms with Crippen molar-refractivity contribution in [2.75, 3.05) is 19.6 Å². The molecule has 8 nitrogen and oxygen atoms in total. The second kappa shape index (κ2) is 8.18. The van der Waals surface area contributed by atoms with Crippen molar-refractivity contribution in [3.05, 3.63) is 0 Å². The third kappa shape index (κ3) is 6.59. The van der Waals surface area contributed by atoms with Gasteiger partial charge in [0, 0.05) is 6.42 Å². The minimum absolute atomic E-state index is 0.0904. The van der Waals surface area contributed by atoms with Gasteiger partial charge >= 0.3 is 17.9 Å². The van der Waals surface area contributed by atoms with Crippen molar-refractivity contribution in [2.45, 2.75) is 19.3 Å². The molecule has 102 valence electrons. The maximum Gasteiger partial charge on any atom is 0.396 e. The highest BCUT2D eigenvalue weighted by Crippen LogP contribution is 1.98. The molecular formula is C10H17N2O6+. The van der Waals surface area contributed by atoms with E-state index in [9.17, 15) is 14.4 Å². The van der Waals surface area contributed by atoms with Gasteiger partial charge in [-0.15, -0.1) is 0 Å². The molecular weight excluding hydrogens is 244 g/mol. The van der Waals surface area contributed by atoms with Crippen molar-refractivity contribution >= 4 is 23.6 Å². The van der Waals surface area contributed by atoms with E-state index in [-0.39, 0.29) is 12.1 Å². The highest BCUT2D eigenvalue weighted by atomic mass is 16.4. The van der Waals surface area contributed by atoms with Crippen molar-refractivity contribution in [3.8, 4) is 0 Å². The Kier molecular flexibility index (Phi) is 7.29. The zero-order valence-electron chi connectivity index (χ0n) is 9.83. The predicted molar refractivity (Wildman–Crippen MR) is 60.8 cm³/mol. The number of aliphatic carboxylic acids is 3. The first-order chi connectivity index (χ1) is 8.38. The molecule has 0 aromatic carbocycles. The fraction of sp³-hybridized carbons (Fsp3) is 0.600. The second-order valence-corrected chi connectivity index (χ2v) is 3.64. The van der Waals surface area contributed by atoms with Crippen LogP contribution in [0, 0.1) is 0 Å². The molecule has 0 amide bonds. The van der Waals surface area contributed by atoms with Crippen LogP contribution in [0.15, 0.2) is 0 Å². The largest absolute Gasteiger partial charge is 0.477 e. The molecule has 5 N–H and O–H groups in total. The Morgan fingerprint density at radius 3 is 1.78 bits per heavy atom. The van der Waals surface area contributed by atoms with Crippen molar-refractivity contribution in [3.63, 3.8) is 0 Å². The van der Waals surface area contributed by atoms with Crippen LogP contribution < -0.4 is 5.73 Å². The number of hydrogen-bond acceptors (Lipinski definition) is 4. The molecule has 0 saturated heterocycles. The van der Waals surface area contributed by atoms with E-state index < -0.39 is 31.0 Å². The van der Waals surface area contributed by atoms with Crippen LogP contribution in [-0.2, 0) is 14.4 Å². The third-order valence-corrected chi connectivity index (χ3v) is 2.15. The Balaban J connectivity index is 5.05. The molecule has 0 aliphatic heterocycles. The number of unbranched alkanes of at least 4 members (excludes halogenated alkanes) is 1. The van der Waals surface area contributed by atoms with Gasteiger partial charge in [0.2, 0.25) is 13.1 Å². The number of rotatable bonds is 9. The van der Waals surface area contributed by atoms with Crippen LogP contribution in [0.3, 0.4) is 0 Å². The average Bonchev–Trinajstić information content (AvgIpc) is 2.21. The molecule has 0 unspecified atom stereocenters. The predicted octanol–water partition coefficient (Wildman–Crippen LogP) is -1.18. The first-order valence-electron chi connectivity index (χ1n) is 5.36. The minimum atomic E-state index is -1.31. The molecule has 0 heterocycles. The SMILES string of the molecule is NCCCCC(C(=O)O)=[N+](CC(=O)O)CC(=O)O. The van der Waals surface area contributed by atoms with Crippen molar-refractivity contribution in [1.29, 1.82) is 0 Å². The van der Waals surface area contributed by atoms with Gasteiger partial charge in [0.05, 0.1) is 0 Å². The van der Waals surface area contributed by atoms with Gasteiger partial charge in [0.25, 0.3) is 5.71 Å². The van der Waals surface area contributed by atoms with E-state index in [4.69, 9.17) is 21.1 Å². The summed E-state index contributed by atoms with van der Waals surface area (Å²) in [6.07, 6.45) is 1.14. The maximum absolute atomic E-state index is 11.0. The number of nitrogens with zero attached hydrogens (tertiary/aromatic N) is 1. The van der Waals surface area contributed by atoms with Gasteiger partial charge in [0.1, 0.15) is 0 Å². The number of carbonyl (C=O) groups is 3. The number of carboxylic acid groups (broad SMARTS) is 3. The summed E-state index contributed by atoms with van der Waals surface area (Å²) in [7, 11) is 0. The van der Waals surface area contributed by atoms with Gasteiger partial charge in [0.15, 0.2) is 0 Å². The lowest BCUT2D eigenvalue weighted by atomic mass is 10.1. The van der Waals surface area contributed by atoms with Crippen LogP contribution in [0.1, 0.15) is 19.3 Å². The molecule has 0 aliphatic carbocycles. The Hall–Kier alpha value is -1.96. The van der Waals surface area contributed by atoms with E-state index in [1.807, 2.05) is 0 Å². The van der Waals surface area contributed by atoms with Gasteiger partial charge < -0.3 is 21.1 Å². The fourth-order valence-corrected chi connectivity index (χ4v) is 1.41. The van der Waals surface area contributed by atoms with Crippen LogP contribution in [-0.4, -0.2) is 63.1 Å². The van der Waals surface area contributed by atoms with Gasteiger partial charge in [-0.1, -0.05) is 0 Å². The van der Waals surface area contributed by atoms with Crippen LogP contribution in [0.5, 0.6) is 0 Å². The van der Waals surface area contributed by atoms with E-state index >= 15 is 0 Å². The Labute approximate surface area is 103 Å². The van der Waals surface area contributed by atoms with Gasteiger partial charge in [-0.3, -0.25) is 0 Å². The lowest BCUT2D eigenvalue weighted by molar-refractivity contribution is -0.509.